The van der Waals surface area contributed by atoms with Crippen molar-refractivity contribution in [1.82, 2.24) is 0 Å². The van der Waals surface area contributed by atoms with Crippen LogP contribution in [0.4, 0.5) is 18.9 Å². The van der Waals surface area contributed by atoms with Crippen LogP contribution in [-0.4, -0.2) is 29.3 Å². The maximum Gasteiger partial charge on any atom is 0.246 e. The highest BCUT2D eigenvalue weighted by molar-refractivity contribution is 6.13. The summed E-state index contributed by atoms with van der Waals surface area (Å²) in [7, 11) is 0. The van der Waals surface area contributed by atoms with Crippen molar-refractivity contribution in [2.45, 2.75) is 5.41 Å². The van der Waals surface area contributed by atoms with E-state index in [1.807, 2.05) is 0 Å². The highest BCUT2D eigenvalue weighted by Gasteiger charge is 2.54. The Bertz CT molecular complexity index is 1040. The van der Waals surface area contributed by atoms with Gasteiger partial charge in [-0.2, -0.15) is 0 Å². The van der Waals surface area contributed by atoms with Crippen LogP contribution in [-0.2, 0) is 10.2 Å². The fourth-order valence-electron chi connectivity index (χ4n) is 3.97. The lowest BCUT2D eigenvalue weighted by Gasteiger charge is -2.30. The molecule has 4 rings (SSSR count). The van der Waals surface area contributed by atoms with E-state index in [1.54, 1.807) is 0 Å². The third-order valence-electron chi connectivity index (χ3n) is 5.21. The monoisotopic (exact) mass is 399 g/mol. The second-order valence-corrected chi connectivity index (χ2v) is 6.74. The molecule has 1 heterocycles. The maximum atomic E-state index is 14.8. The van der Waals surface area contributed by atoms with Crippen molar-refractivity contribution in [3.05, 3.63) is 94.8 Å². The van der Waals surface area contributed by atoms with E-state index in [9.17, 15) is 28.2 Å². The van der Waals surface area contributed by atoms with Crippen LogP contribution in [0.2, 0.25) is 0 Å². The summed E-state index contributed by atoms with van der Waals surface area (Å²) in [5.41, 5.74) is -0.948. The molecule has 0 bridgehead atoms. The van der Waals surface area contributed by atoms with E-state index >= 15 is 0 Å². The molecule has 1 atom stereocenters. The van der Waals surface area contributed by atoms with Gasteiger partial charge in [-0.15, -0.1) is 0 Å². The summed E-state index contributed by atoms with van der Waals surface area (Å²) in [6.07, 6.45) is 0. The molecule has 7 heteroatoms. The van der Waals surface area contributed by atoms with E-state index in [-0.39, 0.29) is 23.5 Å². The molecular formula is C22H16F3NO3. The van der Waals surface area contributed by atoms with Crippen LogP contribution in [0.1, 0.15) is 16.7 Å². The van der Waals surface area contributed by atoms with Crippen LogP contribution in [0, 0.1) is 17.5 Å². The first-order chi connectivity index (χ1) is 13.9. The number of phenolic OH excluding ortho intramolecular Hbond substituents is 1. The molecule has 1 unspecified atom stereocenters. The number of carbonyl (C=O) groups is 1. The van der Waals surface area contributed by atoms with Gasteiger partial charge in [0.05, 0.1) is 12.3 Å². The van der Waals surface area contributed by atoms with E-state index in [0.29, 0.717) is 11.1 Å². The molecule has 0 fully saturated rings. The number of hydrogen-bond acceptors (Lipinski definition) is 3. The van der Waals surface area contributed by atoms with Gasteiger partial charge in [0.1, 0.15) is 17.0 Å². The first-order valence-corrected chi connectivity index (χ1v) is 8.88. The van der Waals surface area contributed by atoms with Gasteiger partial charge in [0.25, 0.3) is 0 Å². The normalized spacial score (nSPS) is 18.2. The molecule has 4 nitrogen and oxygen atoms in total. The van der Waals surface area contributed by atoms with E-state index in [1.165, 1.54) is 54.6 Å². The molecule has 29 heavy (non-hydrogen) atoms. The predicted molar refractivity (Wildman–Crippen MR) is 100 cm³/mol. The van der Waals surface area contributed by atoms with E-state index in [2.05, 4.69) is 0 Å². The van der Waals surface area contributed by atoms with Crippen LogP contribution in [0.15, 0.2) is 60.7 Å². The summed E-state index contributed by atoms with van der Waals surface area (Å²) >= 11 is 0. The summed E-state index contributed by atoms with van der Waals surface area (Å²) in [6.45, 7) is -0.705. The number of aliphatic hydroxyl groups is 1. The number of benzene rings is 3. The summed E-state index contributed by atoms with van der Waals surface area (Å²) in [5, 5.41) is 19.1. The molecular weight excluding hydrogens is 383 g/mol. The van der Waals surface area contributed by atoms with Crippen molar-refractivity contribution in [1.29, 1.82) is 0 Å². The molecule has 2 N–H and O–H groups in total. The summed E-state index contributed by atoms with van der Waals surface area (Å²) in [5.74, 6) is -3.49. The number of nitrogens with zero attached hydrogens (tertiary/aromatic N) is 1. The van der Waals surface area contributed by atoms with E-state index in [0.717, 1.165) is 11.0 Å². The molecule has 0 aliphatic carbocycles. The highest BCUT2D eigenvalue weighted by Crippen LogP contribution is 2.51. The Hall–Kier alpha value is -3.32. The fourth-order valence-corrected chi connectivity index (χ4v) is 3.97. The van der Waals surface area contributed by atoms with Gasteiger partial charge < -0.3 is 15.1 Å². The van der Waals surface area contributed by atoms with Crippen molar-refractivity contribution < 1.29 is 28.2 Å². The van der Waals surface area contributed by atoms with Crippen molar-refractivity contribution in [2.75, 3.05) is 18.1 Å². The Labute approximate surface area is 164 Å². The Morgan fingerprint density at radius 2 is 1.45 bits per heavy atom. The molecule has 1 aliphatic heterocycles. The minimum Gasteiger partial charge on any atom is -0.508 e. The molecule has 3 aromatic rings. The average Bonchev–Trinajstić information content (AvgIpc) is 2.96. The third kappa shape index (κ3) is 2.69. The number of aromatic hydroxyl groups is 1. The molecule has 148 valence electrons. The lowest BCUT2D eigenvalue weighted by Crippen LogP contribution is -2.43. The molecule has 3 aromatic carbocycles. The number of β-amino-alcohol motifs (C(OH)–C–C–N with tert-alkyl or cyclic N) is 1. The van der Waals surface area contributed by atoms with E-state index in [4.69, 9.17) is 0 Å². The topological polar surface area (TPSA) is 60.8 Å². The fraction of sp³-hybridized carbons (Fsp3) is 0.136. The van der Waals surface area contributed by atoms with Gasteiger partial charge in [0, 0.05) is 12.1 Å². The Morgan fingerprint density at radius 1 is 0.862 bits per heavy atom. The number of carbonyl (C=O) groups excluding carboxylic acids is 1. The summed E-state index contributed by atoms with van der Waals surface area (Å²) in [4.78, 5) is 14.7. The minimum absolute atomic E-state index is 0.0359. The van der Waals surface area contributed by atoms with E-state index < -0.39 is 35.4 Å². The SMILES string of the molecule is O=C1N(CCO)c2c(ccc(F)c2F)C1(c1ccc(O)cc1)c1ccc(F)cc1. The molecule has 0 saturated heterocycles. The zero-order valence-corrected chi connectivity index (χ0v) is 15.1. The summed E-state index contributed by atoms with van der Waals surface area (Å²) < 4.78 is 42.4. The molecule has 1 amide bonds. The van der Waals surface area contributed by atoms with Crippen LogP contribution in [0.25, 0.3) is 0 Å². The van der Waals surface area contributed by atoms with Crippen molar-refractivity contribution in [2.24, 2.45) is 0 Å². The van der Waals surface area contributed by atoms with Crippen molar-refractivity contribution in [3.8, 4) is 5.75 Å². The molecule has 1 aliphatic rings. The quantitative estimate of drug-likeness (QED) is 0.706. The highest BCUT2D eigenvalue weighted by atomic mass is 19.2. The predicted octanol–water partition coefficient (Wildman–Crippen LogP) is 3.48. The van der Waals surface area contributed by atoms with Gasteiger partial charge in [-0.3, -0.25) is 4.79 Å². The Balaban J connectivity index is 2.11. The summed E-state index contributed by atoms with van der Waals surface area (Å²) in [6, 6.07) is 13.2. The number of fused-ring (bicyclic) bond motifs is 1. The zero-order valence-electron chi connectivity index (χ0n) is 15.1. The van der Waals surface area contributed by atoms with Gasteiger partial charge in [-0.05, 0) is 41.5 Å². The number of amides is 1. The first-order valence-electron chi connectivity index (χ1n) is 8.88. The Kier molecular flexibility index (Phi) is 4.55. The van der Waals surface area contributed by atoms with Crippen molar-refractivity contribution in [3.63, 3.8) is 0 Å². The lowest BCUT2D eigenvalue weighted by molar-refractivity contribution is -0.120. The first kappa shape index (κ1) is 19.0. The minimum atomic E-state index is -1.60. The number of phenols is 1. The van der Waals surface area contributed by atoms with Crippen LogP contribution in [0.5, 0.6) is 5.75 Å². The van der Waals surface area contributed by atoms with Gasteiger partial charge in [0.15, 0.2) is 11.6 Å². The van der Waals surface area contributed by atoms with Gasteiger partial charge in [-0.25, -0.2) is 13.2 Å². The van der Waals surface area contributed by atoms with Gasteiger partial charge in [-0.1, -0.05) is 30.3 Å². The van der Waals surface area contributed by atoms with Crippen molar-refractivity contribution >= 4 is 11.6 Å². The number of halogens is 3. The maximum absolute atomic E-state index is 14.8. The van der Waals surface area contributed by atoms with Crippen LogP contribution in [0.3, 0.4) is 0 Å². The number of anilines is 1. The largest absolute Gasteiger partial charge is 0.508 e. The standard InChI is InChI=1S/C22H16F3NO3/c23-15-5-1-13(2-6-15)22(14-3-7-16(28)8-4-14)17-9-10-18(24)19(25)20(17)26(11-12-27)21(22)29/h1-10,27-28H,11-12H2. The number of hydrogen-bond donors (Lipinski definition) is 2. The molecule has 0 saturated carbocycles. The molecule has 0 aromatic heterocycles. The molecule has 0 spiro atoms. The number of aliphatic hydroxyl groups excluding tert-OH is 1. The lowest BCUT2D eigenvalue weighted by atomic mass is 9.70. The second-order valence-electron chi connectivity index (χ2n) is 6.74. The van der Waals surface area contributed by atoms with Crippen LogP contribution >= 0.6 is 0 Å². The molecule has 0 radical (unpaired) electrons. The zero-order chi connectivity index (χ0) is 20.8. The third-order valence-corrected chi connectivity index (χ3v) is 5.21. The van der Waals surface area contributed by atoms with Crippen LogP contribution < -0.4 is 4.90 Å². The smallest absolute Gasteiger partial charge is 0.246 e. The van der Waals surface area contributed by atoms with Gasteiger partial charge >= 0.3 is 0 Å². The second kappa shape index (κ2) is 6.93. The number of rotatable bonds is 4. The Morgan fingerprint density at radius 3 is 2.03 bits per heavy atom. The average molecular weight is 399 g/mol. The van der Waals surface area contributed by atoms with Gasteiger partial charge in [0.2, 0.25) is 5.91 Å².